The van der Waals surface area contributed by atoms with Crippen LogP contribution in [0.4, 0.5) is 5.82 Å². The summed E-state index contributed by atoms with van der Waals surface area (Å²) in [6, 6.07) is -0.0251. The number of carboxylic acids is 1. The molecule has 17 heavy (non-hydrogen) atoms. The quantitative estimate of drug-likeness (QED) is 0.715. The summed E-state index contributed by atoms with van der Waals surface area (Å²) in [4.78, 5) is 11.1. The summed E-state index contributed by atoms with van der Waals surface area (Å²) in [5, 5.41) is 25.5. The largest absolute Gasteiger partial charge is 0.477 e. The third-order valence-electron chi connectivity index (χ3n) is 2.51. The molecule has 0 aliphatic rings. The number of aliphatic hydroxyl groups is 1. The first-order valence-electron chi connectivity index (χ1n) is 5.54. The van der Waals surface area contributed by atoms with Gasteiger partial charge in [-0.2, -0.15) is 5.10 Å². The second-order valence-corrected chi connectivity index (χ2v) is 4.37. The number of aliphatic hydroxyl groups excluding tert-OH is 1. The molecule has 0 saturated carbocycles. The van der Waals surface area contributed by atoms with Crippen LogP contribution in [0, 0.1) is 6.92 Å². The Morgan fingerprint density at radius 2 is 2.12 bits per heavy atom. The number of carboxylic acid groups (broad SMARTS) is 1. The second kappa shape index (κ2) is 5.18. The molecule has 0 aliphatic carbocycles. The molecule has 2 unspecified atom stereocenters. The number of anilines is 1. The molecule has 6 heteroatoms. The van der Waals surface area contributed by atoms with Crippen LogP contribution in [0.25, 0.3) is 0 Å². The fourth-order valence-electron chi connectivity index (χ4n) is 1.88. The highest BCUT2D eigenvalue weighted by atomic mass is 16.4. The Labute approximate surface area is 100 Å². The van der Waals surface area contributed by atoms with Crippen molar-refractivity contribution in [3.05, 3.63) is 11.3 Å². The van der Waals surface area contributed by atoms with Gasteiger partial charge < -0.3 is 15.5 Å². The lowest BCUT2D eigenvalue weighted by molar-refractivity contribution is 0.0697. The third kappa shape index (κ3) is 3.20. The van der Waals surface area contributed by atoms with E-state index in [1.165, 1.54) is 4.68 Å². The van der Waals surface area contributed by atoms with Crippen molar-refractivity contribution < 1.29 is 15.0 Å². The van der Waals surface area contributed by atoms with Crippen molar-refractivity contribution >= 4 is 11.8 Å². The molecule has 0 amide bonds. The van der Waals surface area contributed by atoms with Crippen LogP contribution < -0.4 is 5.32 Å². The first-order valence-corrected chi connectivity index (χ1v) is 5.54. The number of aromatic nitrogens is 2. The van der Waals surface area contributed by atoms with Crippen LogP contribution in [0.2, 0.25) is 0 Å². The van der Waals surface area contributed by atoms with Gasteiger partial charge in [0, 0.05) is 13.1 Å². The predicted octanol–water partition coefficient (Wildman–Crippen LogP) is 0.998. The normalized spacial score (nSPS) is 14.4. The molecule has 0 bridgehead atoms. The second-order valence-electron chi connectivity index (χ2n) is 4.37. The van der Waals surface area contributed by atoms with Crippen molar-refractivity contribution in [1.29, 1.82) is 0 Å². The third-order valence-corrected chi connectivity index (χ3v) is 2.51. The fourth-order valence-corrected chi connectivity index (χ4v) is 1.88. The van der Waals surface area contributed by atoms with Gasteiger partial charge >= 0.3 is 5.97 Å². The average molecular weight is 241 g/mol. The molecule has 96 valence electrons. The molecule has 0 radical (unpaired) electrons. The lowest BCUT2D eigenvalue weighted by Crippen LogP contribution is -2.23. The van der Waals surface area contributed by atoms with E-state index in [4.69, 9.17) is 5.11 Å². The SMILES string of the molecule is Cc1nn(C)c(NC(C)CC(C)O)c1C(=O)O. The summed E-state index contributed by atoms with van der Waals surface area (Å²) in [6.07, 6.45) is 0.114. The highest BCUT2D eigenvalue weighted by Crippen LogP contribution is 2.20. The van der Waals surface area contributed by atoms with Gasteiger partial charge in [-0.05, 0) is 27.2 Å². The van der Waals surface area contributed by atoms with Gasteiger partial charge in [0.1, 0.15) is 11.4 Å². The molecular weight excluding hydrogens is 222 g/mol. The molecule has 0 aromatic carbocycles. The van der Waals surface area contributed by atoms with E-state index in [1.807, 2.05) is 6.92 Å². The van der Waals surface area contributed by atoms with E-state index in [1.54, 1.807) is 20.9 Å². The first kappa shape index (κ1) is 13.5. The smallest absolute Gasteiger partial charge is 0.341 e. The molecule has 0 fully saturated rings. The van der Waals surface area contributed by atoms with Gasteiger partial charge in [-0.25, -0.2) is 4.79 Å². The highest BCUT2D eigenvalue weighted by molar-refractivity contribution is 5.94. The van der Waals surface area contributed by atoms with Gasteiger partial charge in [0.05, 0.1) is 11.8 Å². The van der Waals surface area contributed by atoms with E-state index in [9.17, 15) is 9.90 Å². The van der Waals surface area contributed by atoms with Crippen LogP contribution in [0.15, 0.2) is 0 Å². The monoisotopic (exact) mass is 241 g/mol. The Morgan fingerprint density at radius 1 is 1.53 bits per heavy atom. The summed E-state index contributed by atoms with van der Waals surface area (Å²) < 4.78 is 1.51. The first-order chi connectivity index (χ1) is 7.82. The zero-order chi connectivity index (χ0) is 13.2. The standard InChI is InChI=1S/C11H19N3O3/c1-6(5-7(2)15)12-10-9(11(16)17)8(3)13-14(10)4/h6-7,12,15H,5H2,1-4H3,(H,16,17). The molecule has 3 N–H and O–H groups in total. The molecule has 2 atom stereocenters. The van der Waals surface area contributed by atoms with Crippen LogP contribution >= 0.6 is 0 Å². The highest BCUT2D eigenvalue weighted by Gasteiger charge is 2.20. The number of hydrogen-bond acceptors (Lipinski definition) is 4. The zero-order valence-electron chi connectivity index (χ0n) is 10.6. The molecule has 1 rings (SSSR count). The maximum absolute atomic E-state index is 11.1. The van der Waals surface area contributed by atoms with Crippen LogP contribution in [-0.2, 0) is 7.05 Å². The number of rotatable bonds is 5. The van der Waals surface area contributed by atoms with Crippen LogP contribution in [0.1, 0.15) is 36.3 Å². The summed E-state index contributed by atoms with van der Waals surface area (Å²) in [5.74, 6) is -0.523. The minimum atomic E-state index is -0.998. The minimum absolute atomic E-state index is 0.0251. The molecule has 0 aliphatic heterocycles. The summed E-state index contributed by atoms with van der Waals surface area (Å²) in [6.45, 7) is 5.25. The van der Waals surface area contributed by atoms with Crippen molar-refractivity contribution in [2.24, 2.45) is 7.05 Å². The van der Waals surface area contributed by atoms with Gasteiger partial charge in [-0.15, -0.1) is 0 Å². The number of carbonyl (C=O) groups is 1. The van der Waals surface area contributed by atoms with Crippen LogP contribution in [-0.4, -0.2) is 38.1 Å². The number of nitrogens with zero attached hydrogens (tertiary/aromatic N) is 2. The molecule has 1 aromatic heterocycles. The Hall–Kier alpha value is -1.56. The minimum Gasteiger partial charge on any atom is -0.477 e. The lowest BCUT2D eigenvalue weighted by atomic mass is 10.1. The van der Waals surface area contributed by atoms with E-state index in [-0.39, 0.29) is 11.6 Å². The van der Waals surface area contributed by atoms with Gasteiger partial charge in [0.25, 0.3) is 0 Å². The van der Waals surface area contributed by atoms with Crippen molar-refractivity contribution in [3.8, 4) is 0 Å². The van der Waals surface area contributed by atoms with Gasteiger partial charge in [-0.1, -0.05) is 0 Å². The number of aromatic carboxylic acids is 1. The van der Waals surface area contributed by atoms with Gasteiger partial charge in [-0.3, -0.25) is 4.68 Å². The van der Waals surface area contributed by atoms with E-state index in [2.05, 4.69) is 10.4 Å². The number of aryl methyl sites for hydroxylation is 2. The summed E-state index contributed by atoms with van der Waals surface area (Å²) in [5.41, 5.74) is 0.664. The zero-order valence-corrected chi connectivity index (χ0v) is 10.6. The van der Waals surface area contributed by atoms with Crippen LogP contribution in [0.3, 0.4) is 0 Å². The number of hydrogen-bond donors (Lipinski definition) is 3. The topological polar surface area (TPSA) is 87.4 Å². The van der Waals surface area contributed by atoms with Gasteiger partial charge in [0.15, 0.2) is 0 Å². The van der Waals surface area contributed by atoms with E-state index in [0.29, 0.717) is 17.9 Å². The molecular formula is C11H19N3O3. The summed E-state index contributed by atoms with van der Waals surface area (Å²) in [7, 11) is 1.69. The van der Waals surface area contributed by atoms with Crippen molar-refractivity contribution in [2.45, 2.75) is 39.3 Å². The maximum atomic E-state index is 11.1. The molecule has 1 heterocycles. The molecule has 6 nitrogen and oxygen atoms in total. The van der Waals surface area contributed by atoms with Crippen LogP contribution in [0.5, 0.6) is 0 Å². The molecule has 0 saturated heterocycles. The molecule has 0 spiro atoms. The Balaban J connectivity index is 2.94. The van der Waals surface area contributed by atoms with E-state index in [0.717, 1.165) is 0 Å². The predicted molar refractivity (Wildman–Crippen MR) is 64.3 cm³/mol. The van der Waals surface area contributed by atoms with Gasteiger partial charge in [0.2, 0.25) is 0 Å². The Bertz CT molecular complexity index is 412. The fraction of sp³-hybridized carbons (Fsp3) is 0.636. The Morgan fingerprint density at radius 3 is 2.59 bits per heavy atom. The van der Waals surface area contributed by atoms with E-state index < -0.39 is 12.1 Å². The average Bonchev–Trinajstić information content (AvgIpc) is 2.39. The summed E-state index contributed by atoms with van der Waals surface area (Å²) >= 11 is 0. The maximum Gasteiger partial charge on any atom is 0.341 e. The molecule has 1 aromatic rings. The van der Waals surface area contributed by atoms with Crippen molar-refractivity contribution in [2.75, 3.05) is 5.32 Å². The lowest BCUT2D eigenvalue weighted by Gasteiger charge is -2.17. The van der Waals surface area contributed by atoms with E-state index >= 15 is 0 Å². The van der Waals surface area contributed by atoms with Crippen molar-refractivity contribution in [3.63, 3.8) is 0 Å². The number of nitrogens with one attached hydrogen (secondary N) is 1. The Kier molecular flexibility index (Phi) is 4.11. The van der Waals surface area contributed by atoms with Crippen molar-refractivity contribution in [1.82, 2.24) is 9.78 Å².